The van der Waals surface area contributed by atoms with Crippen LogP contribution in [0, 0.1) is 0 Å². The molecule has 9 heavy (non-hydrogen) atoms. The van der Waals surface area contributed by atoms with Crippen LogP contribution in [0.25, 0.3) is 0 Å². The van der Waals surface area contributed by atoms with E-state index >= 15 is 0 Å². The number of aromatic nitrogens is 2. The molecule has 0 fully saturated rings. The molecule has 0 atom stereocenters. The molecule has 0 amide bonds. The third kappa shape index (κ3) is 1.48. The molecule has 0 saturated carbocycles. The van der Waals surface area contributed by atoms with Crippen LogP contribution in [0.3, 0.4) is 0 Å². The summed E-state index contributed by atoms with van der Waals surface area (Å²) >= 11 is 4.34. The van der Waals surface area contributed by atoms with Gasteiger partial charge in [-0.1, -0.05) is 0 Å². The molecule has 0 unspecified atom stereocenters. The first-order valence-corrected chi connectivity index (χ1v) is 3.27. The lowest BCUT2D eigenvalue weighted by atomic mass is 10.1. The fourth-order valence-electron chi connectivity index (χ4n) is 0.597. The fraction of sp³-hybridized carbons (Fsp3) is 0.500. The average Bonchev–Trinajstić information content (AvgIpc) is 2.08. The van der Waals surface area contributed by atoms with Crippen molar-refractivity contribution in [2.75, 3.05) is 0 Å². The van der Waals surface area contributed by atoms with E-state index in [4.69, 9.17) is 0 Å². The van der Waals surface area contributed by atoms with Gasteiger partial charge in [-0.25, -0.2) is 0 Å². The molecule has 1 aromatic rings. The standard InChI is InChI=1S/C6H10N2S/c1-6(2,9)5-3-4-7-8-5/h3-4,9H,1-2H3,(H,7,8). The number of hydrogen-bond acceptors (Lipinski definition) is 2. The van der Waals surface area contributed by atoms with Gasteiger partial charge in [-0.05, 0) is 19.9 Å². The van der Waals surface area contributed by atoms with E-state index in [0.717, 1.165) is 5.69 Å². The highest BCUT2D eigenvalue weighted by molar-refractivity contribution is 7.81. The zero-order chi connectivity index (χ0) is 6.91. The Kier molecular flexibility index (Phi) is 1.53. The molecule has 0 spiro atoms. The van der Waals surface area contributed by atoms with E-state index in [1.54, 1.807) is 6.20 Å². The first-order valence-electron chi connectivity index (χ1n) is 2.83. The highest BCUT2D eigenvalue weighted by Gasteiger charge is 2.14. The molecule has 0 aliphatic heterocycles. The molecular formula is C6H10N2S. The zero-order valence-corrected chi connectivity index (χ0v) is 6.44. The molecule has 0 bridgehead atoms. The van der Waals surface area contributed by atoms with Crippen LogP contribution in [0.15, 0.2) is 12.3 Å². The van der Waals surface area contributed by atoms with E-state index in [1.807, 2.05) is 19.9 Å². The molecule has 1 N–H and O–H groups in total. The molecule has 1 rings (SSSR count). The van der Waals surface area contributed by atoms with Gasteiger partial charge in [0.2, 0.25) is 0 Å². The summed E-state index contributed by atoms with van der Waals surface area (Å²) in [6.07, 6.45) is 1.73. The molecule has 0 aliphatic rings. The maximum Gasteiger partial charge on any atom is 0.0504 e. The molecule has 0 saturated heterocycles. The summed E-state index contributed by atoms with van der Waals surface area (Å²) in [7, 11) is 0. The van der Waals surface area contributed by atoms with E-state index in [1.165, 1.54) is 0 Å². The summed E-state index contributed by atoms with van der Waals surface area (Å²) in [6.45, 7) is 4.03. The second-order valence-electron chi connectivity index (χ2n) is 2.53. The van der Waals surface area contributed by atoms with Crippen LogP contribution in [0.2, 0.25) is 0 Å². The third-order valence-corrected chi connectivity index (χ3v) is 1.40. The lowest BCUT2D eigenvalue weighted by Crippen LogP contribution is -2.07. The van der Waals surface area contributed by atoms with Crippen LogP contribution in [0.1, 0.15) is 19.5 Å². The molecule has 3 heteroatoms. The quantitative estimate of drug-likeness (QED) is 0.572. The van der Waals surface area contributed by atoms with Crippen LogP contribution in [0.4, 0.5) is 0 Å². The predicted molar refractivity (Wildman–Crippen MR) is 40.6 cm³/mol. The number of rotatable bonds is 1. The van der Waals surface area contributed by atoms with Crippen molar-refractivity contribution in [3.05, 3.63) is 18.0 Å². The zero-order valence-electron chi connectivity index (χ0n) is 5.55. The minimum Gasteiger partial charge on any atom is -0.281 e. The SMILES string of the molecule is CC(C)(S)c1ccn[nH]1. The summed E-state index contributed by atoms with van der Waals surface area (Å²) in [6, 6.07) is 1.92. The Labute approximate surface area is 60.1 Å². The number of hydrogen-bond donors (Lipinski definition) is 2. The van der Waals surface area contributed by atoms with Crippen molar-refractivity contribution in [1.82, 2.24) is 10.2 Å². The van der Waals surface area contributed by atoms with Crippen molar-refractivity contribution in [3.8, 4) is 0 Å². The third-order valence-electron chi connectivity index (χ3n) is 1.16. The van der Waals surface area contributed by atoms with Crippen LogP contribution >= 0.6 is 12.6 Å². The largest absolute Gasteiger partial charge is 0.281 e. The van der Waals surface area contributed by atoms with Crippen LogP contribution in [-0.2, 0) is 4.75 Å². The Morgan fingerprint density at radius 2 is 2.33 bits per heavy atom. The van der Waals surface area contributed by atoms with Crippen molar-refractivity contribution in [3.63, 3.8) is 0 Å². The summed E-state index contributed by atoms with van der Waals surface area (Å²) in [5, 5.41) is 6.67. The smallest absolute Gasteiger partial charge is 0.0504 e. The number of H-pyrrole nitrogens is 1. The van der Waals surface area contributed by atoms with E-state index in [9.17, 15) is 0 Å². The van der Waals surface area contributed by atoms with Gasteiger partial charge in [0.25, 0.3) is 0 Å². The minimum absolute atomic E-state index is 0.101. The van der Waals surface area contributed by atoms with Crippen molar-refractivity contribution < 1.29 is 0 Å². The maximum absolute atomic E-state index is 4.34. The van der Waals surface area contributed by atoms with Crippen molar-refractivity contribution >= 4 is 12.6 Å². The highest BCUT2D eigenvalue weighted by Crippen LogP contribution is 2.23. The van der Waals surface area contributed by atoms with E-state index in [0.29, 0.717) is 0 Å². The molecule has 1 aromatic heterocycles. The molecule has 0 aliphatic carbocycles. The second-order valence-corrected chi connectivity index (χ2v) is 3.65. The summed E-state index contributed by atoms with van der Waals surface area (Å²) < 4.78 is -0.101. The van der Waals surface area contributed by atoms with E-state index in [2.05, 4.69) is 22.8 Å². The Hall–Kier alpha value is -0.440. The van der Waals surface area contributed by atoms with Crippen molar-refractivity contribution in [2.24, 2.45) is 0 Å². The number of aromatic amines is 1. The van der Waals surface area contributed by atoms with Crippen LogP contribution in [-0.4, -0.2) is 10.2 Å². The summed E-state index contributed by atoms with van der Waals surface area (Å²) in [4.78, 5) is 0. The topological polar surface area (TPSA) is 28.7 Å². The van der Waals surface area contributed by atoms with Gasteiger partial charge in [-0.15, -0.1) is 0 Å². The van der Waals surface area contributed by atoms with Crippen molar-refractivity contribution in [2.45, 2.75) is 18.6 Å². The summed E-state index contributed by atoms with van der Waals surface area (Å²) in [5.41, 5.74) is 1.05. The Morgan fingerprint density at radius 3 is 2.56 bits per heavy atom. The van der Waals surface area contributed by atoms with Gasteiger partial charge >= 0.3 is 0 Å². The van der Waals surface area contributed by atoms with Gasteiger partial charge < -0.3 is 0 Å². The normalized spacial score (nSPS) is 11.9. The first kappa shape index (κ1) is 6.68. The second kappa shape index (κ2) is 2.06. The molecule has 50 valence electrons. The minimum atomic E-state index is -0.101. The molecular weight excluding hydrogens is 132 g/mol. The van der Waals surface area contributed by atoms with Gasteiger partial charge in [0.1, 0.15) is 0 Å². The first-order chi connectivity index (χ1) is 4.11. The highest BCUT2D eigenvalue weighted by atomic mass is 32.1. The van der Waals surface area contributed by atoms with Gasteiger partial charge in [0, 0.05) is 10.9 Å². The Morgan fingerprint density at radius 1 is 1.67 bits per heavy atom. The van der Waals surface area contributed by atoms with Gasteiger partial charge in [0.05, 0.1) is 5.69 Å². The Bertz CT molecular complexity index is 173. The Balaban J connectivity index is 2.90. The number of nitrogens with one attached hydrogen (secondary N) is 1. The van der Waals surface area contributed by atoms with Gasteiger partial charge in [-0.3, -0.25) is 5.10 Å². The molecule has 1 heterocycles. The lowest BCUT2D eigenvalue weighted by Gasteiger charge is -2.13. The fourth-order valence-corrected chi connectivity index (χ4v) is 0.721. The number of thiol groups is 1. The monoisotopic (exact) mass is 142 g/mol. The van der Waals surface area contributed by atoms with Crippen LogP contribution in [0.5, 0.6) is 0 Å². The van der Waals surface area contributed by atoms with Crippen molar-refractivity contribution in [1.29, 1.82) is 0 Å². The molecule has 0 radical (unpaired) electrons. The van der Waals surface area contributed by atoms with Gasteiger partial charge in [0.15, 0.2) is 0 Å². The molecule has 0 aromatic carbocycles. The average molecular weight is 142 g/mol. The predicted octanol–water partition coefficient (Wildman–Crippen LogP) is 1.57. The molecule has 2 nitrogen and oxygen atoms in total. The lowest BCUT2D eigenvalue weighted by molar-refractivity contribution is 0.747. The van der Waals surface area contributed by atoms with E-state index in [-0.39, 0.29) is 4.75 Å². The maximum atomic E-state index is 4.34. The van der Waals surface area contributed by atoms with E-state index < -0.39 is 0 Å². The van der Waals surface area contributed by atoms with Gasteiger partial charge in [-0.2, -0.15) is 17.7 Å². The van der Waals surface area contributed by atoms with Crippen LogP contribution < -0.4 is 0 Å². The summed E-state index contributed by atoms with van der Waals surface area (Å²) in [5.74, 6) is 0. The number of nitrogens with zero attached hydrogens (tertiary/aromatic N) is 1.